The number of thiazole rings is 1. The molecule has 0 bridgehead atoms. The third kappa shape index (κ3) is 8.87. The van der Waals surface area contributed by atoms with Crippen molar-refractivity contribution < 1.29 is 28.9 Å². The molecule has 0 aliphatic carbocycles. The summed E-state index contributed by atoms with van der Waals surface area (Å²) in [5, 5.41) is 15.7. The van der Waals surface area contributed by atoms with Gasteiger partial charge in [-0.05, 0) is 47.4 Å². The van der Waals surface area contributed by atoms with E-state index in [9.17, 15) is 14.7 Å². The summed E-state index contributed by atoms with van der Waals surface area (Å²) in [6, 6.07) is 19.9. The maximum atomic E-state index is 13.9. The Hall–Kier alpha value is -4.33. The van der Waals surface area contributed by atoms with Crippen molar-refractivity contribution >= 4 is 34.0 Å². The molecule has 0 radical (unpaired) electrons. The number of anilines is 2. The monoisotopic (exact) mass is 699 g/mol. The number of rotatable bonds is 17. The van der Waals surface area contributed by atoms with Crippen molar-refractivity contribution in [1.82, 2.24) is 14.8 Å². The van der Waals surface area contributed by atoms with Crippen LogP contribution in [0.25, 0.3) is 11.1 Å². The third-order valence-electron chi connectivity index (χ3n) is 8.98. The van der Waals surface area contributed by atoms with Crippen LogP contribution in [0.3, 0.4) is 0 Å². The van der Waals surface area contributed by atoms with Gasteiger partial charge in [-0.1, -0.05) is 49.4 Å². The first kappa shape index (κ1) is 35.5. The number of phenolic OH excluding ortho intramolecular Hbond substituents is 1. The van der Waals surface area contributed by atoms with E-state index in [1.807, 2.05) is 18.2 Å². The minimum absolute atomic E-state index is 0.0482. The minimum Gasteiger partial charge on any atom is -0.508 e. The van der Waals surface area contributed by atoms with Crippen LogP contribution in [0.1, 0.15) is 40.9 Å². The van der Waals surface area contributed by atoms with Gasteiger partial charge in [-0.2, -0.15) is 0 Å². The highest BCUT2D eigenvalue weighted by Gasteiger charge is 2.39. The molecule has 11 nitrogen and oxygen atoms in total. The van der Waals surface area contributed by atoms with Crippen molar-refractivity contribution in [3.63, 3.8) is 0 Å². The van der Waals surface area contributed by atoms with Crippen molar-refractivity contribution in [2.45, 2.75) is 25.9 Å². The van der Waals surface area contributed by atoms with Gasteiger partial charge < -0.3 is 29.1 Å². The molecule has 1 aromatic heterocycles. The summed E-state index contributed by atoms with van der Waals surface area (Å²) in [5.41, 5.74) is 4.86. The van der Waals surface area contributed by atoms with Gasteiger partial charge in [0.05, 0.1) is 33.0 Å². The van der Waals surface area contributed by atoms with Crippen LogP contribution < -0.4 is 10.2 Å². The van der Waals surface area contributed by atoms with Crippen LogP contribution in [-0.4, -0.2) is 104 Å². The maximum Gasteiger partial charge on any atom is 0.255 e. The number of amides is 2. The molecule has 2 amide bonds. The van der Waals surface area contributed by atoms with E-state index < -0.39 is 11.9 Å². The Bertz CT molecular complexity index is 1690. The molecule has 1 atom stereocenters. The highest BCUT2D eigenvalue weighted by atomic mass is 32.1. The molecule has 12 heteroatoms. The Labute approximate surface area is 297 Å². The Balaban J connectivity index is 1.02. The zero-order chi connectivity index (χ0) is 34.7. The predicted molar refractivity (Wildman–Crippen MR) is 195 cm³/mol. The number of aromatic hydroxyl groups is 1. The SMILES string of the molecule is CCCOCCOCCOCCN1CCN(c2ccc(-c3ccc4c(c3)C(=O)N(C(C(=O)Nc3nccs3)c3ccccc3O)C4)cc2)CC1. The van der Waals surface area contributed by atoms with Gasteiger partial charge in [0.2, 0.25) is 0 Å². The van der Waals surface area contributed by atoms with Crippen LogP contribution in [0, 0.1) is 0 Å². The normalized spacial score (nSPS) is 15.3. The van der Waals surface area contributed by atoms with Crippen LogP contribution in [0.4, 0.5) is 10.8 Å². The number of piperazine rings is 1. The summed E-state index contributed by atoms with van der Waals surface area (Å²) in [7, 11) is 0. The van der Waals surface area contributed by atoms with Crippen molar-refractivity contribution in [3.05, 3.63) is 95.0 Å². The number of hydrogen-bond donors (Lipinski definition) is 2. The van der Waals surface area contributed by atoms with Gasteiger partial charge in [-0.3, -0.25) is 19.8 Å². The molecule has 4 aromatic rings. The first-order chi connectivity index (χ1) is 24.5. The maximum absolute atomic E-state index is 13.9. The molecular weight excluding hydrogens is 655 g/mol. The van der Waals surface area contributed by atoms with Crippen molar-refractivity contribution in [2.24, 2.45) is 0 Å². The second-order valence-electron chi connectivity index (χ2n) is 12.3. The summed E-state index contributed by atoms with van der Waals surface area (Å²) in [5.74, 6) is -0.740. The van der Waals surface area contributed by atoms with E-state index in [0.717, 1.165) is 62.4 Å². The topological polar surface area (TPSA) is 117 Å². The van der Waals surface area contributed by atoms with E-state index >= 15 is 0 Å². The lowest BCUT2D eigenvalue weighted by Gasteiger charge is -2.36. The lowest BCUT2D eigenvalue weighted by Crippen LogP contribution is -2.47. The summed E-state index contributed by atoms with van der Waals surface area (Å²) >= 11 is 1.29. The fraction of sp³-hybridized carbons (Fsp3) is 0.395. The Morgan fingerprint density at radius 1 is 0.900 bits per heavy atom. The first-order valence-electron chi connectivity index (χ1n) is 17.2. The van der Waals surface area contributed by atoms with Crippen molar-refractivity contribution in [3.8, 4) is 16.9 Å². The first-order valence-corrected chi connectivity index (χ1v) is 18.1. The van der Waals surface area contributed by atoms with Gasteiger partial charge in [0.25, 0.3) is 11.8 Å². The molecule has 6 rings (SSSR count). The number of nitrogens with one attached hydrogen (secondary N) is 1. The molecule has 1 saturated heterocycles. The van der Waals surface area contributed by atoms with Gasteiger partial charge >= 0.3 is 0 Å². The number of carbonyl (C=O) groups excluding carboxylic acids is 2. The van der Waals surface area contributed by atoms with Gasteiger partial charge in [-0.15, -0.1) is 11.3 Å². The van der Waals surface area contributed by atoms with Crippen LogP contribution >= 0.6 is 11.3 Å². The van der Waals surface area contributed by atoms with E-state index in [1.165, 1.54) is 28.0 Å². The van der Waals surface area contributed by atoms with E-state index in [2.05, 4.69) is 51.3 Å². The number of carbonyl (C=O) groups is 2. The standard InChI is InChI=1S/C38H45N5O6S/c1-2-19-47-21-23-49-24-22-48-20-18-41-14-16-42(17-15-41)31-11-9-28(10-12-31)29-7-8-30-27-43(37(46)33(30)26-29)35(32-5-3-4-6-34(32)44)36(45)40-38-39-13-25-50-38/h3-13,25-26,35,44H,2,14-24,27H2,1H3,(H,39,40,45). The molecule has 2 aliphatic rings. The summed E-state index contributed by atoms with van der Waals surface area (Å²) in [6.45, 7) is 11.0. The van der Waals surface area contributed by atoms with Crippen LogP contribution in [-0.2, 0) is 25.5 Å². The summed E-state index contributed by atoms with van der Waals surface area (Å²) in [4.78, 5) is 38.0. The molecule has 3 heterocycles. The van der Waals surface area contributed by atoms with E-state index in [-0.39, 0.29) is 18.2 Å². The fourth-order valence-corrected chi connectivity index (χ4v) is 6.85. The largest absolute Gasteiger partial charge is 0.508 e. The van der Waals surface area contributed by atoms with Gasteiger partial charge in [-0.25, -0.2) is 4.98 Å². The Kier molecular flexibility index (Phi) is 12.5. The fourth-order valence-electron chi connectivity index (χ4n) is 6.31. The van der Waals surface area contributed by atoms with Gasteiger partial charge in [0.15, 0.2) is 5.13 Å². The van der Waals surface area contributed by atoms with Crippen molar-refractivity contribution in [2.75, 3.05) is 82.6 Å². The van der Waals surface area contributed by atoms with Gasteiger partial charge in [0.1, 0.15) is 11.8 Å². The molecular formula is C38H45N5O6S. The van der Waals surface area contributed by atoms with E-state index in [4.69, 9.17) is 14.2 Å². The lowest BCUT2D eigenvalue weighted by molar-refractivity contribution is -0.120. The molecule has 0 saturated carbocycles. The van der Waals surface area contributed by atoms with Gasteiger partial charge in [0, 0.05) is 74.3 Å². The molecule has 2 aliphatic heterocycles. The number of nitrogens with zero attached hydrogens (tertiary/aromatic N) is 4. The lowest BCUT2D eigenvalue weighted by atomic mass is 10.00. The van der Waals surface area contributed by atoms with Crippen molar-refractivity contribution in [1.29, 1.82) is 0 Å². The van der Waals surface area contributed by atoms with Crippen LogP contribution in [0.2, 0.25) is 0 Å². The number of aromatic nitrogens is 1. The zero-order valence-corrected chi connectivity index (χ0v) is 29.3. The zero-order valence-electron chi connectivity index (χ0n) is 28.5. The smallest absolute Gasteiger partial charge is 0.255 e. The number of ether oxygens (including phenoxy) is 3. The van der Waals surface area contributed by atoms with E-state index in [0.29, 0.717) is 49.3 Å². The highest BCUT2D eigenvalue weighted by molar-refractivity contribution is 7.13. The average molecular weight is 700 g/mol. The number of hydrogen-bond acceptors (Lipinski definition) is 10. The second kappa shape index (κ2) is 17.6. The highest BCUT2D eigenvalue weighted by Crippen LogP contribution is 2.37. The quantitative estimate of drug-likeness (QED) is 0.139. The number of benzene rings is 3. The Morgan fingerprint density at radius 2 is 1.60 bits per heavy atom. The predicted octanol–water partition coefficient (Wildman–Crippen LogP) is 5.43. The molecule has 264 valence electrons. The molecule has 1 fully saturated rings. The summed E-state index contributed by atoms with van der Waals surface area (Å²) < 4.78 is 16.7. The molecule has 2 N–H and O–H groups in total. The molecule has 1 unspecified atom stereocenters. The average Bonchev–Trinajstić information content (AvgIpc) is 3.77. The van der Waals surface area contributed by atoms with E-state index in [1.54, 1.807) is 29.8 Å². The Morgan fingerprint density at radius 3 is 2.30 bits per heavy atom. The molecule has 3 aromatic carbocycles. The molecule has 50 heavy (non-hydrogen) atoms. The third-order valence-corrected chi connectivity index (χ3v) is 9.67. The van der Waals surface area contributed by atoms with Crippen LogP contribution in [0.15, 0.2) is 78.3 Å². The van der Waals surface area contributed by atoms with Crippen LogP contribution in [0.5, 0.6) is 5.75 Å². The summed E-state index contributed by atoms with van der Waals surface area (Å²) in [6.07, 6.45) is 2.62. The number of phenols is 1. The number of para-hydroxylation sites is 1. The minimum atomic E-state index is -1.03. The number of fused-ring (bicyclic) bond motifs is 1. The second-order valence-corrected chi connectivity index (χ2v) is 13.2. The molecule has 0 spiro atoms.